The molecule has 1 amide bonds. The molecule has 0 fully saturated rings. The molecule has 0 aliphatic carbocycles. The number of nitrogen functional groups attached to an aromatic ring is 1. The van der Waals surface area contributed by atoms with Gasteiger partial charge in [-0.2, -0.15) is 0 Å². The Morgan fingerprint density at radius 2 is 2.05 bits per heavy atom. The van der Waals surface area contributed by atoms with E-state index in [9.17, 15) is 4.79 Å². The molecule has 4 nitrogen and oxygen atoms in total. The van der Waals surface area contributed by atoms with Gasteiger partial charge in [0.15, 0.2) is 0 Å². The first-order valence-corrected chi connectivity index (χ1v) is 6.65. The number of methoxy groups -OCH3 is 1. The number of ether oxygens (including phenoxy) is 1. The molecule has 0 aliphatic heterocycles. The molecule has 1 aromatic carbocycles. The van der Waals surface area contributed by atoms with Gasteiger partial charge < -0.3 is 15.8 Å². The molecule has 2 aromatic rings. The molecule has 0 spiro atoms. The average molecular weight is 276 g/mol. The summed E-state index contributed by atoms with van der Waals surface area (Å²) in [6.45, 7) is 3.99. The summed E-state index contributed by atoms with van der Waals surface area (Å²) in [6, 6.07) is 7.06. The van der Waals surface area contributed by atoms with Crippen LogP contribution in [-0.4, -0.2) is 13.0 Å². The second-order valence-corrected chi connectivity index (χ2v) is 5.51. The van der Waals surface area contributed by atoms with E-state index < -0.39 is 0 Å². The van der Waals surface area contributed by atoms with Crippen molar-refractivity contribution in [1.29, 1.82) is 0 Å². The molecule has 2 rings (SSSR count). The van der Waals surface area contributed by atoms with E-state index in [1.54, 1.807) is 25.3 Å². The summed E-state index contributed by atoms with van der Waals surface area (Å²) >= 11 is 1.48. The zero-order valence-electron chi connectivity index (χ0n) is 11.1. The maximum Gasteiger partial charge on any atom is 0.265 e. The highest BCUT2D eigenvalue weighted by Crippen LogP contribution is 2.26. The van der Waals surface area contributed by atoms with Crippen LogP contribution in [0.15, 0.2) is 24.3 Å². The fraction of sp³-hybridized carbons (Fsp3) is 0.214. The Bertz CT molecular complexity index is 600. The second-order valence-electron chi connectivity index (χ2n) is 4.26. The fourth-order valence-corrected chi connectivity index (χ4v) is 2.58. The van der Waals surface area contributed by atoms with E-state index in [1.165, 1.54) is 11.3 Å². The Balaban J connectivity index is 2.19. The minimum absolute atomic E-state index is 0.141. The van der Waals surface area contributed by atoms with Gasteiger partial charge in [-0.25, -0.2) is 0 Å². The summed E-state index contributed by atoms with van der Waals surface area (Å²) in [6.07, 6.45) is 0. The maximum atomic E-state index is 12.1. The molecule has 0 bridgehead atoms. The summed E-state index contributed by atoms with van der Waals surface area (Å²) in [5.74, 6) is 0.524. The number of thiophene rings is 1. The SMILES string of the molecule is COc1ccc(NC(=O)c2cc(C)c(C)s2)c(N)c1. The van der Waals surface area contributed by atoms with Crippen LogP contribution in [0.3, 0.4) is 0 Å². The van der Waals surface area contributed by atoms with Gasteiger partial charge in [0.25, 0.3) is 5.91 Å². The Morgan fingerprint density at radius 1 is 1.32 bits per heavy atom. The monoisotopic (exact) mass is 276 g/mol. The van der Waals surface area contributed by atoms with Gasteiger partial charge in [0, 0.05) is 10.9 Å². The van der Waals surface area contributed by atoms with Crippen LogP contribution in [0, 0.1) is 13.8 Å². The first-order valence-electron chi connectivity index (χ1n) is 5.83. The molecule has 3 N–H and O–H groups in total. The molecule has 0 saturated heterocycles. The van der Waals surface area contributed by atoms with E-state index in [4.69, 9.17) is 10.5 Å². The summed E-state index contributed by atoms with van der Waals surface area (Å²) in [4.78, 5) is 13.9. The van der Waals surface area contributed by atoms with Gasteiger partial charge in [-0.1, -0.05) is 0 Å². The quantitative estimate of drug-likeness (QED) is 0.846. The predicted molar refractivity (Wildman–Crippen MR) is 79.2 cm³/mol. The van der Waals surface area contributed by atoms with E-state index in [0.29, 0.717) is 22.0 Å². The van der Waals surface area contributed by atoms with Crippen LogP contribution in [0.4, 0.5) is 11.4 Å². The number of nitrogens with two attached hydrogens (primary N) is 1. The molecule has 0 unspecified atom stereocenters. The number of benzene rings is 1. The van der Waals surface area contributed by atoms with Crippen molar-refractivity contribution >= 4 is 28.6 Å². The number of anilines is 2. The van der Waals surface area contributed by atoms with Gasteiger partial charge in [-0.05, 0) is 37.6 Å². The van der Waals surface area contributed by atoms with Gasteiger partial charge in [-0.15, -0.1) is 11.3 Å². The fourth-order valence-electron chi connectivity index (χ4n) is 1.65. The minimum atomic E-state index is -0.141. The smallest absolute Gasteiger partial charge is 0.265 e. The highest BCUT2D eigenvalue weighted by Gasteiger charge is 2.12. The lowest BCUT2D eigenvalue weighted by atomic mass is 10.2. The van der Waals surface area contributed by atoms with Gasteiger partial charge in [0.05, 0.1) is 23.4 Å². The van der Waals surface area contributed by atoms with Crippen LogP contribution < -0.4 is 15.8 Å². The summed E-state index contributed by atoms with van der Waals surface area (Å²) in [5.41, 5.74) is 8.07. The van der Waals surface area contributed by atoms with Crippen LogP contribution in [0.2, 0.25) is 0 Å². The highest BCUT2D eigenvalue weighted by molar-refractivity contribution is 7.14. The van der Waals surface area contributed by atoms with Crippen molar-refractivity contribution < 1.29 is 9.53 Å². The third-order valence-electron chi connectivity index (χ3n) is 2.90. The lowest BCUT2D eigenvalue weighted by Gasteiger charge is -2.08. The van der Waals surface area contributed by atoms with Crippen LogP contribution >= 0.6 is 11.3 Å². The largest absolute Gasteiger partial charge is 0.497 e. The number of hydrogen-bond donors (Lipinski definition) is 2. The van der Waals surface area contributed by atoms with Crippen molar-refractivity contribution in [2.45, 2.75) is 13.8 Å². The molecule has 1 aromatic heterocycles. The number of nitrogens with one attached hydrogen (secondary N) is 1. The van der Waals surface area contributed by atoms with Crippen molar-refractivity contribution in [3.8, 4) is 5.75 Å². The van der Waals surface area contributed by atoms with Crippen molar-refractivity contribution in [1.82, 2.24) is 0 Å². The summed E-state index contributed by atoms with van der Waals surface area (Å²) < 4.78 is 5.07. The summed E-state index contributed by atoms with van der Waals surface area (Å²) in [5, 5.41) is 2.81. The third kappa shape index (κ3) is 2.88. The normalized spacial score (nSPS) is 10.3. The topological polar surface area (TPSA) is 64.3 Å². The van der Waals surface area contributed by atoms with Crippen LogP contribution in [0.5, 0.6) is 5.75 Å². The highest BCUT2D eigenvalue weighted by atomic mass is 32.1. The molecule has 0 saturated carbocycles. The minimum Gasteiger partial charge on any atom is -0.497 e. The van der Waals surface area contributed by atoms with Gasteiger partial charge in [0.1, 0.15) is 5.75 Å². The molecule has 5 heteroatoms. The molecule has 0 atom stereocenters. The zero-order valence-corrected chi connectivity index (χ0v) is 11.9. The van der Waals surface area contributed by atoms with Crippen LogP contribution in [0.25, 0.3) is 0 Å². The number of amides is 1. The summed E-state index contributed by atoms with van der Waals surface area (Å²) in [7, 11) is 1.57. The number of aryl methyl sites for hydroxylation is 2. The van der Waals surface area contributed by atoms with Gasteiger partial charge >= 0.3 is 0 Å². The number of carbonyl (C=O) groups is 1. The predicted octanol–water partition coefficient (Wildman–Crippen LogP) is 3.21. The third-order valence-corrected chi connectivity index (χ3v) is 4.05. The molecule has 0 radical (unpaired) electrons. The van der Waals surface area contributed by atoms with E-state index in [0.717, 1.165) is 10.4 Å². The van der Waals surface area contributed by atoms with Crippen molar-refractivity contribution in [2.24, 2.45) is 0 Å². The van der Waals surface area contributed by atoms with E-state index in [2.05, 4.69) is 5.32 Å². The Morgan fingerprint density at radius 3 is 2.58 bits per heavy atom. The zero-order chi connectivity index (χ0) is 14.0. The van der Waals surface area contributed by atoms with Gasteiger partial charge in [0.2, 0.25) is 0 Å². The number of hydrogen-bond acceptors (Lipinski definition) is 4. The molecule has 1 heterocycles. The maximum absolute atomic E-state index is 12.1. The Hall–Kier alpha value is -2.01. The molecular formula is C14H16N2O2S. The van der Waals surface area contributed by atoms with E-state index >= 15 is 0 Å². The Labute approximate surface area is 116 Å². The standard InChI is InChI=1S/C14H16N2O2S/c1-8-6-13(19-9(8)2)14(17)16-12-5-4-10(18-3)7-11(12)15/h4-7H,15H2,1-3H3,(H,16,17). The van der Waals surface area contributed by atoms with E-state index in [1.807, 2.05) is 19.9 Å². The lowest BCUT2D eigenvalue weighted by molar-refractivity contribution is 0.103. The molecule has 19 heavy (non-hydrogen) atoms. The first-order chi connectivity index (χ1) is 9.01. The molecule has 0 aliphatic rings. The number of rotatable bonds is 3. The molecular weight excluding hydrogens is 260 g/mol. The van der Waals surface area contributed by atoms with Crippen molar-refractivity contribution in [2.75, 3.05) is 18.2 Å². The van der Waals surface area contributed by atoms with E-state index in [-0.39, 0.29) is 5.91 Å². The van der Waals surface area contributed by atoms with Crippen molar-refractivity contribution in [3.63, 3.8) is 0 Å². The van der Waals surface area contributed by atoms with Gasteiger partial charge in [-0.3, -0.25) is 4.79 Å². The Kier molecular flexibility index (Phi) is 3.76. The van der Waals surface area contributed by atoms with Crippen LogP contribution in [-0.2, 0) is 0 Å². The average Bonchev–Trinajstić information content (AvgIpc) is 2.72. The lowest BCUT2D eigenvalue weighted by Crippen LogP contribution is -2.11. The van der Waals surface area contributed by atoms with Crippen LogP contribution in [0.1, 0.15) is 20.1 Å². The molecule has 100 valence electrons. The second kappa shape index (κ2) is 5.32. The number of carbonyl (C=O) groups excluding carboxylic acids is 1. The van der Waals surface area contributed by atoms with Crippen molar-refractivity contribution in [3.05, 3.63) is 39.6 Å². The first kappa shape index (κ1) is 13.4.